The SMILES string of the molecule is CC/C=C\C/C=C\C/C=C\C/C=C\C/C=C\CCCC(=O)OC1C(OCC(NC(=O)C(O)CCCCCC\C=C/C=C/C=C/CC)C(O)/C=C/CCCCCCCCCCC)OC(CO)C(O)C1O. The summed E-state index contributed by atoms with van der Waals surface area (Å²) in [6.45, 7) is 5.44. The van der Waals surface area contributed by atoms with Crippen LogP contribution in [0.4, 0.5) is 0 Å². The summed E-state index contributed by atoms with van der Waals surface area (Å²) in [6.07, 6.45) is 50.0. The maximum absolute atomic E-state index is 13.3. The summed E-state index contributed by atoms with van der Waals surface area (Å²) < 4.78 is 17.4. The van der Waals surface area contributed by atoms with Gasteiger partial charge < -0.3 is 45.1 Å². The summed E-state index contributed by atoms with van der Waals surface area (Å²) in [5.74, 6) is -1.29. The third kappa shape index (κ3) is 34.3. The number of hydrogen-bond donors (Lipinski definition) is 6. The van der Waals surface area contributed by atoms with E-state index in [2.05, 4.69) is 86.8 Å². The number of unbranched alkanes of at least 4 members (excludes halogenated alkanes) is 14. The molecule has 11 heteroatoms. The molecule has 8 unspecified atom stereocenters. The molecule has 0 spiro atoms. The maximum atomic E-state index is 13.3. The highest BCUT2D eigenvalue weighted by Crippen LogP contribution is 2.26. The van der Waals surface area contributed by atoms with Crippen LogP contribution in [-0.2, 0) is 23.8 Å². The van der Waals surface area contributed by atoms with Crippen LogP contribution in [0.5, 0.6) is 0 Å². The first-order chi connectivity index (χ1) is 33.7. The van der Waals surface area contributed by atoms with Crippen LogP contribution < -0.4 is 5.32 Å². The molecule has 1 aliphatic rings. The van der Waals surface area contributed by atoms with Gasteiger partial charge in [0.2, 0.25) is 5.91 Å². The molecule has 0 bridgehead atoms. The van der Waals surface area contributed by atoms with Crippen molar-refractivity contribution in [3.05, 3.63) is 109 Å². The molecule has 1 fully saturated rings. The zero-order valence-electron chi connectivity index (χ0n) is 42.9. The maximum Gasteiger partial charge on any atom is 0.306 e. The van der Waals surface area contributed by atoms with Gasteiger partial charge in [0, 0.05) is 6.42 Å². The number of amides is 1. The number of carbonyl (C=O) groups excluding carboxylic acids is 2. The summed E-state index contributed by atoms with van der Waals surface area (Å²) in [6, 6.07) is -1.05. The van der Waals surface area contributed by atoms with E-state index in [-0.39, 0.29) is 19.4 Å². The number of esters is 1. The van der Waals surface area contributed by atoms with E-state index in [0.717, 1.165) is 89.9 Å². The summed E-state index contributed by atoms with van der Waals surface area (Å²) >= 11 is 0. The molecule has 1 aliphatic heterocycles. The van der Waals surface area contributed by atoms with Gasteiger partial charge in [-0.15, -0.1) is 0 Å². The van der Waals surface area contributed by atoms with Gasteiger partial charge in [0.25, 0.3) is 0 Å². The van der Waals surface area contributed by atoms with E-state index >= 15 is 0 Å². The molecule has 0 saturated carbocycles. The highest BCUT2D eigenvalue weighted by molar-refractivity contribution is 5.80. The van der Waals surface area contributed by atoms with Crippen LogP contribution in [0.1, 0.15) is 181 Å². The highest BCUT2D eigenvalue weighted by atomic mass is 16.7. The number of aliphatic hydroxyl groups is 5. The smallest absolute Gasteiger partial charge is 0.306 e. The molecule has 11 nitrogen and oxygen atoms in total. The van der Waals surface area contributed by atoms with Crippen LogP contribution in [0.25, 0.3) is 0 Å². The fourth-order valence-electron chi connectivity index (χ4n) is 7.51. The van der Waals surface area contributed by atoms with Crippen molar-refractivity contribution in [1.29, 1.82) is 0 Å². The average Bonchev–Trinajstić information content (AvgIpc) is 3.34. The number of hydrogen-bond acceptors (Lipinski definition) is 10. The van der Waals surface area contributed by atoms with Crippen molar-refractivity contribution in [2.45, 2.75) is 230 Å². The molecule has 6 N–H and O–H groups in total. The Hall–Kier alpha value is -3.68. The minimum absolute atomic E-state index is 0.0364. The highest BCUT2D eigenvalue weighted by Gasteiger charge is 2.47. The third-order valence-electron chi connectivity index (χ3n) is 11.7. The van der Waals surface area contributed by atoms with Gasteiger partial charge in [-0.3, -0.25) is 9.59 Å². The normalized spacial score (nSPS) is 20.7. The molecule has 1 heterocycles. The lowest BCUT2D eigenvalue weighted by molar-refractivity contribution is -0.305. The van der Waals surface area contributed by atoms with Gasteiger partial charge in [-0.1, -0.05) is 201 Å². The number of rotatable bonds is 42. The predicted molar refractivity (Wildman–Crippen MR) is 282 cm³/mol. The first-order valence-electron chi connectivity index (χ1n) is 26.7. The van der Waals surface area contributed by atoms with Crippen LogP contribution in [-0.4, -0.2) is 99.6 Å². The molecule has 0 aromatic rings. The van der Waals surface area contributed by atoms with Crippen LogP contribution in [0.15, 0.2) is 109 Å². The lowest BCUT2D eigenvalue weighted by Gasteiger charge is -2.41. The van der Waals surface area contributed by atoms with Gasteiger partial charge in [-0.2, -0.15) is 0 Å². The Morgan fingerprint density at radius 3 is 1.71 bits per heavy atom. The average molecular weight is 966 g/mol. The lowest BCUT2D eigenvalue weighted by atomic mass is 9.99. The summed E-state index contributed by atoms with van der Waals surface area (Å²) in [4.78, 5) is 26.3. The van der Waals surface area contributed by atoms with Crippen molar-refractivity contribution < 1.29 is 49.3 Å². The molecular weight excluding hydrogens is 871 g/mol. The van der Waals surface area contributed by atoms with Crippen LogP contribution >= 0.6 is 0 Å². The van der Waals surface area contributed by atoms with Gasteiger partial charge in [0.15, 0.2) is 12.4 Å². The van der Waals surface area contributed by atoms with E-state index in [1.165, 1.54) is 38.5 Å². The Kier molecular flexibility index (Phi) is 41.7. The van der Waals surface area contributed by atoms with Crippen molar-refractivity contribution in [1.82, 2.24) is 5.32 Å². The largest absolute Gasteiger partial charge is 0.454 e. The Morgan fingerprint density at radius 1 is 0.594 bits per heavy atom. The van der Waals surface area contributed by atoms with Crippen molar-refractivity contribution in [3.63, 3.8) is 0 Å². The minimum Gasteiger partial charge on any atom is -0.454 e. The number of nitrogens with one attached hydrogen (secondary N) is 1. The molecule has 0 aromatic heterocycles. The molecule has 1 saturated heterocycles. The van der Waals surface area contributed by atoms with Crippen molar-refractivity contribution in [3.8, 4) is 0 Å². The molecule has 1 amide bonds. The van der Waals surface area contributed by atoms with Crippen molar-refractivity contribution >= 4 is 11.9 Å². The molecule has 0 aliphatic carbocycles. The zero-order chi connectivity index (χ0) is 50.4. The van der Waals surface area contributed by atoms with E-state index in [1.54, 1.807) is 6.08 Å². The summed E-state index contributed by atoms with van der Waals surface area (Å²) in [5, 5.41) is 56.6. The summed E-state index contributed by atoms with van der Waals surface area (Å²) in [5.41, 5.74) is 0. The van der Waals surface area contributed by atoms with E-state index in [4.69, 9.17) is 14.2 Å². The van der Waals surface area contributed by atoms with Gasteiger partial charge in [-0.05, 0) is 83.5 Å². The van der Waals surface area contributed by atoms with Crippen molar-refractivity contribution in [2.75, 3.05) is 13.2 Å². The predicted octanol–water partition coefficient (Wildman–Crippen LogP) is 11.4. The fourth-order valence-corrected chi connectivity index (χ4v) is 7.51. The Morgan fingerprint density at radius 2 is 1.12 bits per heavy atom. The van der Waals surface area contributed by atoms with E-state index < -0.39 is 67.4 Å². The van der Waals surface area contributed by atoms with Gasteiger partial charge in [-0.25, -0.2) is 0 Å². The number of carbonyl (C=O) groups is 2. The fraction of sp³-hybridized carbons (Fsp3) is 0.655. The molecule has 8 atom stereocenters. The molecule has 1 rings (SSSR count). The second-order valence-corrected chi connectivity index (χ2v) is 17.9. The van der Waals surface area contributed by atoms with Crippen molar-refractivity contribution in [2.24, 2.45) is 0 Å². The van der Waals surface area contributed by atoms with Crippen LogP contribution in [0.2, 0.25) is 0 Å². The van der Waals surface area contributed by atoms with Gasteiger partial charge >= 0.3 is 5.97 Å². The number of allylic oxidation sites excluding steroid dienone is 17. The Bertz CT molecular complexity index is 1530. The van der Waals surface area contributed by atoms with Crippen LogP contribution in [0, 0.1) is 0 Å². The lowest BCUT2D eigenvalue weighted by Crippen LogP contribution is -2.61. The standard InChI is InChI=1S/C58H95NO10/c1-4-7-10-13-16-19-22-24-25-26-27-28-31-34-37-40-43-46-53(63)69-56-55(65)54(64)52(47-60)68-58(56)67-48-49(50(61)44-41-38-35-32-29-21-18-15-12-9-6-3)59-57(66)51(62)45-42-39-36-33-30-23-20-17-14-11-8-5-2/h7-8,10-11,14,16-17,19-20,23-25,27-28,34,37,41,44,49-52,54-56,58,60-62,64-65H,4-6,9,12-13,15,18,21-22,26,29-33,35-36,38-40,42-43,45-48H2,1-3H3,(H,59,66)/b10-7-,11-8+,17-14+,19-16-,23-20-,25-24-,28-27-,37-34-,44-41+. The third-order valence-corrected chi connectivity index (χ3v) is 11.7. The molecular formula is C58H95NO10. The topological polar surface area (TPSA) is 175 Å². The summed E-state index contributed by atoms with van der Waals surface area (Å²) in [7, 11) is 0. The molecule has 0 aromatic carbocycles. The first-order valence-corrected chi connectivity index (χ1v) is 26.7. The second kappa shape index (κ2) is 45.5. The monoisotopic (exact) mass is 966 g/mol. The number of ether oxygens (including phenoxy) is 3. The Balaban J connectivity index is 2.81. The first kappa shape index (κ1) is 63.3. The molecule has 0 radical (unpaired) electrons. The quantitative estimate of drug-likeness (QED) is 0.0149. The number of aliphatic hydroxyl groups excluding tert-OH is 5. The minimum atomic E-state index is -1.65. The Labute approximate surface area is 418 Å². The molecule has 392 valence electrons. The van der Waals surface area contributed by atoms with Crippen LogP contribution in [0.3, 0.4) is 0 Å². The zero-order valence-corrected chi connectivity index (χ0v) is 42.9. The van der Waals surface area contributed by atoms with E-state index in [1.807, 2.05) is 42.5 Å². The van der Waals surface area contributed by atoms with Gasteiger partial charge in [0.1, 0.15) is 24.4 Å². The molecule has 69 heavy (non-hydrogen) atoms. The van der Waals surface area contributed by atoms with E-state index in [0.29, 0.717) is 19.3 Å². The van der Waals surface area contributed by atoms with E-state index in [9.17, 15) is 35.1 Å². The second-order valence-electron chi connectivity index (χ2n) is 17.9. The van der Waals surface area contributed by atoms with Gasteiger partial charge in [0.05, 0.1) is 25.4 Å².